The minimum absolute atomic E-state index is 0.0259. The van der Waals surface area contributed by atoms with E-state index in [0.717, 1.165) is 16.5 Å². The van der Waals surface area contributed by atoms with Crippen LogP contribution in [0.15, 0.2) is 54.7 Å². The van der Waals surface area contributed by atoms with E-state index >= 15 is 0 Å². The fraction of sp³-hybridized carbons (Fsp3) is 0.250. The van der Waals surface area contributed by atoms with Gasteiger partial charge in [0, 0.05) is 17.1 Å². The van der Waals surface area contributed by atoms with Crippen molar-refractivity contribution in [3.8, 4) is 5.75 Å². The van der Waals surface area contributed by atoms with Crippen LogP contribution in [0, 0.1) is 0 Å². The molecule has 130 valence electrons. The van der Waals surface area contributed by atoms with Crippen LogP contribution >= 0.6 is 0 Å². The van der Waals surface area contributed by atoms with Gasteiger partial charge in [0.2, 0.25) is 5.91 Å². The van der Waals surface area contributed by atoms with Crippen molar-refractivity contribution in [2.45, 2.75) is 32.4 Å². The van der Waals surface area contributed by atoms with Crippen molar-refractivity contribution in [1.82, 2.24) is 4.98 Å². The lowest BCUT2D eigenvalue weighted by atomic mass is 10.0. The van der Waals surface area contributed by atoms with Gasteiger partial charge in [-0.25, -0.2) is 0 Å². The summed E-state index contributed by atoms with van der Waals surface area (Å²) in [6, 6.07) is 14.7. The molecule has 3 rings (SSSR count). The van der Waals surface area contributed by atoms with Crippen molar-refractivity contribution in [3.63, 3.8) is 0 Å². The Morgan fingerprint density at radius 2 is 1.88 bits per heavy atom. The average Bonchev–Trinajstić information content (AvgIpc) is 2.99. The third-order valence-corrected chi connectivity index (χ3v) is 3.96. The Labute approximate surface area is 147 Å². The van der Waals surface area contributed by atoms with Crippen molar-refractivity contribution in [2.75, 3.05) is 5.32 Å². The van der Waals surface area contributed by atoms with Gasteiger partial charge in [-0.1, -0.05) is 30.3 Å². The van der Waals surface area contributed by atoms with Crippen molar-refractivity contribution in [3.05, 3.63) is 60.3 Å². The lowest BCUT2D eigenvalue weighted by molar-refractivity contribution is -0.117. The Morgan fingerprint density at radius 1 is 1.16 bits per heavy atom. The van der Waals surface area contributed by atoms with Gasteiger partial charge in [-0.3, -0.25) is 4.79 Å². The van der Waals surface area contributed by atoms with E-state index in [-0.39, 0.29) is 12.0 Å². The molecule has 5 nitrogen and oxygen atoms in total. The molecule has 1 amide bonds. The molecule has 2 aromatic carbocycles. The first-order valence-electron chi connectivity index (χ1n) is 8.41. The second kappa shape index (κ2) is 7.40. The normalized spacial score (nSPS) is 12.3. The Bertz CT molecular complexity index is 870. The maximum Gasteiger partial charge on any atom is 0.241 e. The molecule has 4 N–H and O–H groups in total. The molecule has 0 bridgehead atoms. The molecule has 0 saturated carbocycles. The number of para-hydroxylation sites is 3. The van der Waals surface area contributed by atoms with E-state index in [4.69, 9.17) is 10.5 Å². The number of aromatic amines is 1. The van der Waals surface area contributed by atoms with Gasteiger partial charge in [0.15, 0.2) is 0 Å². The largest absolute Gasteiger partial charge is 0.489 e. The number of carbonyl (C=O) groups is 1. The number of fused-ring (bicyclic) bond motifs is 1. The van der Waals surface area contributed by atoms with Crippen LogP contribution in [0.4, 0.5) is 5.69 Å². The number of nitrogens with one attached hydrogen (secondary N) is 2. The van der Waals surface area contributed by atoms with Gasteiger partial charge in [0.1, 0.15) is 5.75 Å². The van der Waals surface area contributed by atoms with E-state index in [2.05, 4.69) is 10.3 Å². The number of hydrogen-bond donors (Lipinski definition) is 3. The predicted octanol–water partition coefficient (Wildman–Crippen LogP) is 3.46. The molecule has 3 aromatic rings. The highest BCUT2D eigenvalue weighted by Crippen LogP contribution is 2.25. The number of benzene rings is 2. The minimum atomic E-state index is -0.647. The molecule has 1 atom stereocenters. The summed E-state index contributed by atoms with van der Waals surface area (Å²) in [4.78, 5) is 15.7. The highest BCUT2D eigenvalue weighted by Gasteiger charge is 2.18. The van der Waals surface area contributed by atoms with Gasteiger partial charge in [-0.2, -0.15) is 0 Å². The molecule has 25 heavy (non-hydrogen) atoms. The Morgan fingerprint density at radius 3 is 2.68 bits per heavy atom. The third kappa shape index (κ3) is 4.00. The molecule has 0 radical (unpaired) electrons. The summed E-state index contributed by atoms with van der Waals surface area (Å²) in [5.41, 5.74) is 8.84. The molecule has 5 heteroatoms. The molecule has 1 aromatic heterocycles. The number of nitrogens with two attached hydrogens (primary N) is 1. The monoisotopic (exact) mass is 337 g/mol. The van der Waals surface area contributed by atoms with Crippen LogP contribution in [-0.4, -0.2) is 23.0 Å². The van der Waals surface area contributed by atoms with Crippen LogP contribution in [0.25, 0.3) is 10.9 Å². The molecule has 0 aliphatic heterocycles. The number of rotatable bonds is 6. The molecule has 0 fully saturated rings. The third-order valence-electron chi connectivity index (χ3n) is 3.96. The number of aromatic nitrogens is 1. The first-order chi connectivity index (χ1) is 12.0. The number of amides is 1. The Hall–Kier alpha value is -2.79. The SMILES string of the molecule is CC(C)Oc1ccccc1NC(=O)[C@@H](N)Cc1c[nH]c2ccccc12. The van der Waals surface area contributed by atoms with E-state index < -0.39 is 6.04 Å². The summed E-state index contributed by atoms with van der Waals surface area (Å²) < 4.78 is 5.73. The smallest absolute Gasteiger partial charge is 0.241 e. The summed E-state index contributed by atoms with van der Waals surface area (Å²) in [6.07, 6.45) is 2.40. The zero-order chi connectivity index (χ0) is 17.8. The average molecular weight is 337 g/mol. The van der Waals surface area contributed by atoms with E-state index in [0.29, 0.717) is 17.9 Å². The number of ether oxygens (including phenoxy) is 1. The van der Waals surface area contributed by atoms with E-state index in [9.17, 15) is 4.79 Å². The van der Waals surface area contributed by atoms with Gasteiger partial charge in [-0.15, -0.1) is 0 Å². The first kappa shape index (κ1) is 17.0. The fourth-order valence-corrected chi connectivity index (χ4v) is 2.78. The second-order valence-corrected chi connectivity index (χ2v) is 6.32. The lowest BCUT2D eigenvalue weighted by Gasteiger charge is -2.17. The fourth-order valence-electron chi connectivity index (χ4n) is 2.78. The summed E-state index contributed by atoms with van der Waals surface area (Å²) in [5.74, 6) is 0.412. The molecule has 1 heterocycles. The Kier molecular flexibility index (Phi) is 5.05. The topological polar surface area (TPSA) is 80.1 Å². The van der Waals surface area contributed by atoms with Crippen LogP contribution in [0.1, 0.15) is 19.4 Å². The van der Waals surface area contributed by atoms with Crippen molar-refractivity contribution < 1.29 is 9.53 Å². The molecular formula is C20H23N3O2. The quantitative estimate of drug-likeness (QED) is 0.644. The molecular weight excluding hydrogens is 314 g/mol. The Balaban J connectivity index is 1.71. The highest BCUT2D eigenvalue weighted by molar-refractivity contribution is 5.96. The zero-order valence-corrected chi connectivity index (χ0v) is 14.5. The molecule has 0 aliphatic carbocycles. The number of hydrogen-bond acceptors (Lipinski definition) is 3. The molecule has 0 saturated heterocycles. The zero-order valence-electron chi connectivity index (χ0n) is 14.5. The van der Waals surface area contributed by atoms with Crippen LogP contribution in [0.2, 0.25) is 0 Å². The second-order valence-electron chi connectivity index (χ2n) is 6.32. The molecule has 0 aliphatic rings. The van der Waals surface area contributed by atoms with Crippen molar-refractivity contribution in [1.29, 1.82) is 0 Å². The summed E-state index contributed by atoms with van der Waals surface area (Å²) in [5, 5.41) is 3.97. The van der Waals surface area contributed by atoms with Crippen molar-refractivity contribution >= 4 is 22.5 Å². The summed E-state index contributed by atoms with van der Waals surface area (Å²) in [6.45, 7) is 3.89. The van der Waals surface area contributed by atoms with Gasteiger partial charge >= 0.3 is 0 Å². The lowest BCUT2D eigenvalue weighted by Crippen LogP contribution is -2.37. The van der Waals surface area contributed by atoms with E-state index in [1.807, 2.05) is 68.6 Å². The molecule has 0 spiro atoms. The van der Waals surface area contributed by atoms with Crippen LogP contribution < -0.4 is 15.8 Å². The first-order valence-corrected chi connectivity index (χ1v) is 8.41. The minimum Gasteiger partial charge on any atom is -0.489 e. The van der Waals surface area contributed by atoms with Gasteiger partial charge in [0.25, 0.3) is 0 Å². The molecule has 0 unspecified atom stereocenters. The van der Waals surface area contributed by atoms with Crippen LogP contribution in [0.5, 0.6) is 5.75 Å². The van der Waals surface area contributed by atoms with Gasteiger partial charge < -0.3 is 20.8 Å². The van der Waals surface area contributed by atoms with Gasteiger partial charge in [0.05, 0.1) is 17.8 Å². The highest BCUT2D eigenvalue weighted by atomic mass is 16.5. The van der Waals surface area contributed by atoms with Gasteiger partial charge in [-0.05, 0) is 44.0 Å². The predicted molar refractivity (Wildman–Crippen MR) is 101 cm³/mol. The summed E-state index contributed by atoms with van der Waals surface area (Å²) in [7, 11) is 0. The van der Waals surface area contributed by atoms with Crippen LogP contribution in [-0.2, 0) is 11.2 Å². The maximum atomic E-state index is 12.5. The van der Waals surface area contributed by atoms with Crippen molar-refractivity contribution in [2.24, 2.45) is 5.73 Å². The van der Waals surface area contributed by atoms with E-state index in [1.165, 1.54) is 0 Å². The van der Waals surface area contributed by atoms with E-state index in [1.54, 1.807) is 0 Å². The van der Waals surface area contributed by atoms with Crippen LogP contribution in [0.3, 0.4) is 0 Å². The number of carbonyl (C=O) groups excluding carboxylic acids is 1. The number of H-pyrrole nitrogens is 1. The summed E-state index contributed by atoms with van der Waals surface area (Å²) >= 11 is 0. The standard InChI is InChI=1S/C20H23N3O2/c1-13(2)25-19-10-6-5-9-18(19)23-20(24)16(21)11-14-12-22-17-8-4-3-7-15(14)17/h3-10,12-13,16,22H,11,21H2,1-2H3,(H,23,24)/t16-/m0/s1. The maximum absolute atomic E-state index is 12.5. The number of anilines is 1.